The van der Waals surface area contributed by atoms with Crippen LogP contribution < -0.4 is 4.84 Å². The van der Waals surface area contributed by atoms with Gasteiger partial charge in [-0.1, -0.05) is 18.7 Å². The standard InChI is InChI=1S/C14H20N4O3S/c1-10-6-11(2)9-17(8-10)22(19,20)12-4-5-13-14(7-12)18(21-3)16-15-13/h4-5,7,10-11H,6,8-9H2,1-3H3/t10-,11-/m0/s1. The van der Waals surface area contributed by atoms with Crippen LogP contribution in [0.3, 0.4) is 0 Å². The summed E-state index contributed by atoms with van der Waals surface area (Å²) in [6.45, 7) is 5.30. The molecule has 120 valence electrons. The predicted octanol–water partition coefficient (Wildman–Crippen LogP) is 1.16. The molecule has 1 saturated heterocycles. The lowest BCUT2D eigenvalue weighted by Gasteiger charge is -2.34. The van der Waals surface area contributed by atoms with Gasteiger partial charge < -0.3 is 4.84 Å². The summed E-state index contributed by atoms with van der Waals surface area (Å²) in [4.78, 5) is 6.52. The van der Waals surface area contributed by atoms with Crippen molar-refractivity contribution in [1.29, 1.82) is 0 Å². The second-order valence-electron chi connectivity index (χ2n) is 6.06. The first kappa shape index (κ1) is 15.2. The summed E-state index contributed by atoms with van der Waals surface area (Å²) < 4.78 is 27.3. The molecule has 7 nitrogen and oxygen atoms in total. The van der Waals surface area contributed by atoms with Crippen LogP contribution in [0.2, 0.25) is 0 Å². The van der Waals surface area contributed by atoms with Gasteiger partial charge in [-0.25, -0.2) is 8.42 Å². The molecule has 8 heteroatoms. The number of aromatic nitrogens is 3. The predicted molar refractivity (Wildman–Crippen MR) is 81.7 cm³/mol. The Balaban J connectivity index is 2.01. The molecule has 2 aromatic rings. The van der Waals surface area contributed by atoms with Gasteiger partial charge in [0, 0.05) is 13.1 Å². The van der Waals surface area contributed by atoms with Gasteiger partial charge in [0.05, 0.1) is 4.90 Å². The number of hydrogen-bond donors (Lipinski definition) is 0. The third-order valence-corrected chi connectivity index (χ3v) is 5.86. The molecule has 1 fully saturated rings. The van der Waals surface area contributed by atoms with Crippen LogP contribution in [0.15, 0.2) is 23.1 Å². The minimum absolute atomic E-state index is 0.252. The van der Waals surface area contributed by atoms with Crippen LogP contribution in [0, 0.1) is 11.8 Å². The van der Waals surface area contributed by atoms with E-state index in [1.54, 1.807) is 22.5 Å². The Labute approximate surface area is 129 Å². The lowest BCUT2D eigenvalue weighted by molar-refractivity contribution is 0.139. The monoisotopic (exact) mass is 324 g/mol. The van der Waals surface area contributed by atoms with E-state index in [0.717, 1.165) is 6.42 Å². The fourth-order valence-electron chi connectivity index (χ4n) is 3.12. The van der Waals surface area contributed by atoms with Crippen LogP contribution in [0.5, 0.6) is 0 Å². The number of fused-ring (bicyclic) bond motifs is 1. The molecule has 2 atom stereocenters. The lowest BCUT2D eigenvalue weighted by Crippen LogP contribution is -2.42. The normalized spacial score (nSPS) is 23.8. The maximum absolute atomic E-state index is 12.9. The minimum atomic E-state index is -3.51. The van der Waals surface area contributed by atoms with E-state index in [0.29, 0.717) is 36.0 Å². The highest BCUT2D eigenvalue weighted by molar-refractivity contribution is 7.89. The summed E-state index contributed by atoms with van der Waals surface area (Å²) in [5.41, 5.74) is 1.14. The molecular formula is C14H20N4O3S. The van der Waals surface area contributed by atoms with Crippen LogP contribution in [0.4, 0.5) is 0 Å². The van der Waals surface area contributed by atoms with Gasteiger partial charge in [-0.15, -0.1) is 5.10 Å². The number of nitrogens with zero attached hydrogens (tertiary/aromatic N) is 4. The van der Waals surface area contributed by atoms with Gasteiger partial charge in [-0.3, -0.25) is 0 Å². The van der Waals surface area contributed by atoms with E-state index in [9.17, 15) is 8.42 Å². The summed E-state index contributed by atoms with van der Waals surface area (Å²) in [7, 11) is -2.05. The van der Waals surface area contributed by atoms with Crippen molar-refractivity contribution in [3.63, 3.8) is 0 Å². The molecule has 0 saturated carbocycles. The van der Waals surface area contributed by atoms with Crippen LogP contribution in [-0.2, 0) is 10.0 Å². The molecule has 0 N–H and O–H groups in total. The van der Waals surface area contributed by atoms with E-state index in [1.165, 1.54) is 12.0 Å². The second kappa shape index (κ2) is 5.51. The number of sulfonamides is 1. The Hall–Kier alpha value is -1.67. The zero-order valence-electron chi connectivity index (χ0n) is 12.9. The zero-order chi connectivity index (χ0) is 15.9. The molecule has 1 aliphatic heterocycles. The zero-order valence-corrected chi connectivity index (χ0v) is 13.7. The summed E-state index contributed by atoms with van der Waals surface area (Å²) in [6.07, 6.45) is 1.06. The highest BCUT2D eigenvalue weighted by atomic mass is 32.2. The van der Waals surface area contributed by atoms with Crippen LogP contribution >= 0.6 is 0 Å². The quantitative estimate of drug-likeness (QED) is 0.846. The van der Waals surface area contributed by atoms with Crippen LogP contribution in [0.1, 0.15) is 20.3 Å². The van der Waals surface area contributed by atoms with Gasteiger partial charge in [0.1, 0.15) is 18.1 Å². The Morgan fingerprint density at radius 2 is 1.91 bits per heavy atom. The highest BCUT2D eigenvalue weighted by Crippen LogP contribution is 2.27. The summed E-state index contributed by atoms with van der Waals surface area (Å²) in [6, 6.07) is 4.80. The summed E-state index contributed by atoms with van der Waals surface area (Å²) in [5, 5.41) is 7.74. The van der Waals surface area contributed by atoms with Gasteiger partial charge >= 0.3 is 0 Å². The van der Waals surface area contributed by atoms with Crippen LogP contribution in [0.25, 0.3) is 11.0 Å². The molecule has 3 rings (SSSR count). The average Bonchev–Trinajstić information content (AvgIpc) is 2.88. The number of rotatable bonds is 3. The van der Waals surface area contributed by atoms with E-state index >= 15 is 0 Å². The Bertz CT molecular complexity index is 776. The molecule has 2 heterocycles. The van der Waals surface area contributed by atoms with Crippen molar-refractivity contribution >= 4 is 21.1 Å². The minimum Gasteiger partial charge on any atom is -0.398 e. The summed E-state index contributed by atoms with van der Waals surface area (Å²) >= 11 is 0. The van der Waals surface area contributed by atoms with Crippen molar-refractivity contribution < 1.29 is 13.3 Å². The Morgan fingerprint density at radius 3 is 2.55 bits per heavy atom. The van der Waals surface area contributed by atoms with Gasteiger partial charge in [0.25, 0.3) is 0 Å². The van der Waals surface area contributed by atoms with Gasteiger partial charge in [0.15, 0.2) is 0 Å². The third kappa shape index (κ3) is 2.56. The van der Waals surface area contributed by atoms with E-state index in [4.69, 9.17) is 4.84 Å². The van der Waals surface area contributed by atoms with E-state index < -0.39 is 10.0 Å². The van der Waals surface area contributed by atoms with Gasteiger partial charge in [0.2, 0.25) is 10.0 Å². The first-order chi connectivity index (χ1) is 10.4. The molecular weight excluding hydrogens is 304 g/mol. The fraction of sp³-hybridized carbons (Fsp3) is 0.571. The van der Waals surface area contributed by atoms with Gasteiger partial charge in [-0.2, -0.15) is 4.31 Å². The molecule has 0 amide bonds. The third-order valence-electron chi connectivity index (χ3n) is 4.03. The lowest BCUT2D eigenvalue weighted by atomic mass is 9.94. The largest absolute Gasteiger partial charge is 0.398 e. The smallest absolute Gasteiger partial charge is 0.243 e. The van der Waals surface area contributed by atoms with E-state index in [1.807, 2.05) is 0 Å². The molecule has 22 heavy (non-hydrogen) atoms. The topological polar surface area (TPSA) is 77.3 Å². The number of piperidine rings is 1. The maximum Gasteiger partial charge on any atom is 0.243 e. The average molecular weight is 324 g/mol. The summed E-state index contributed by atoms with van der Waals surface area (Å²) in [5.74, 6) is 0.738. The molecule has 0 aliphatic carbocycles. The van der Waals surface area contributed by atoms with E-state index in [2.05, 4.69) is 24.2 Å². The van der Waals surface area contributed by atoms with Crippen molar-refractivity contribution in [2.24, 2.45) is 11.8 Å². The molecule has 1 aromatic heterocycles. The van der Waals surface area contributed by atoms with Crippen LogP contribution in [-0.4, -0.2) is 48.1 Å². The molecule has 0 bridgehead atoms. The maximum atomic E-state index is 12.9. The molecule has 0 radical (unpaired) electrons. The van der Waals surface area contributed by atoms with Crippen molar-refractivity contribution in [2.75, 3.05) is 20.2 Å². The van der Waals surface area contributed by atoms with Crippen molar-refractivity contribution in [1.82, 2.24) is 19.5 Å². The van der Waals surface area contributed by atoms with Crippen molar-refractivity contribution in [2.45, 2.75) is 25.2 Å². The molecule has 0 spiro atoms. The molecule has 1 aliphatic rings. The first-order valence-corrected chi connectivity index (χ1v) is 8.76. The molecule has 0 unspecified atom stereocenters. The molecule has 1 aromatic carbocycles. The fourth-order valence-corrected chi connectivity index (χ4v) is 4.82. The highest BCUT2D eigenvalue weighted by Gasteiger charge is 2.32. The number of hydrogen-bond acceptors (Lipinski definition) is 5. The first-order valence-electron chi connectivity index (χ1n) is 7.32. The van der Waals surface area contributed by atoms with Crippen molar-refractivity contribution in [3.8, 4) is 0 Å². The van der Waals surface area contributed by atoms with Crippen molar-refractivity contribution in [3.05, 3.63) is 18.2 Å². The second-order valence-corrected chi connectivity index (χ2v) is 8.00. The number of benzene rings is 1. The SMILES string of the molecule is COn1nnc2ccc(S(=O)(=O)N3C[C@@H](C)C[C@H](C)C3)cc21. The Morgan fingerprint density at radius 1 is 1.23 bits per heavy atom. The van der Waals surface area contributed by atoms with Gasteiger partial charge in [-0.05, 0) is 41.7 Å². The Kier molecular flexibility index (Phi) is 3.82. The van der Waals surface area contributed by atoms with E-state index in [-0.39, 0.29) is 4.90 Å².